The van der Waals surface area contributed by atoms with Gasteiger partial charge in [-0.25, -0.2) is 18.4 Å². The van der Waals surface area contributed by atoms with E-state index in [0.29, 0.717) is 38.7 Å². The Morgan fingerprint density at radius 1 is 1.30 bits per heavy atom. The summed E-state index contributed by atoms with van der Waals surface area (Å²) < 4.78 is 33.0. The lowest BCUT2D eigenvalue weighted by molar-refractivity contribution is -0.113. The first-order chi connectivity index (χ1) is 14.4. The zero-order valence-corrected chi connectivity index (χ0v) is 17.1. The number of hydrogen-bond donors (Lipinski definition) is 2. The van der Waals surface area contributed by atoms with Gasteiger partial charge in [0.05, 0.1) is 23.3 Å². The molecule has 12 heteroatoms. The van der Waals surface area contributed by atoms with Gasteiger partial charge in [-0.1, -0.05) is 11.8 Å². The van der Waals surface area contributed by atoms with Gasteiger partial charge in [0.15, 0.2) is 22.6 Å². The van der Waals surface area contributed by atoms with Crippen molar-refractivity contribution in [3.63, 3.8) is 0 Å². The predicted octanol–water partition coefficient (Wildman–Crippen LogP) is 3.69. The Bertz CT molecular complexity index is 1220. The fourth-order valence-corrected chi connectivity index (χ4v) is 3.97. The molecule has 3 aromatic heterocycles. The number of nitrogens with zero attached hydrogens (tertiary/aromatic N) is 4. The summed E-state index contributed by atoms with van der Waals surface area (Å²) in [5, 5.41) is 13.0. The van der Waals surface area contributed by atoms with Crippen molar-refractivity contribution in [1.82, 2.24) is 19.9 Å². The summed E-state index contributed by atoms with van der Waals surface area (Å²) in [6.45, 7) is 1.78. The maximum absolute atomic E-state index is 13.4. The Morgan fingerprint density at radius 2 is 2.13 bits per heavy atom. The molecule has 1 amide bonds. The van der Waals surface area contributed by atoms with Gasteiger partial charge in [0.25, 0.3) is 0 Å². The van der Waals surface area contributed by atoms with Crippen LogP contribution in [0.2, 0.25) is 0 Å². The molecule has 0 spiro atoms. The van der Waals surface area contributed by atoms with Crippen LogP contribution in [0, 0.1) is 18.6 Å². The van der Waals surface area contributed by atoms with E-state index in [1.807, 2.05) is 0 Å². The van der Waals surface area contributed by atoms with Crippen LogP contribution in [0.5, 0.6) is 0 Å². The molecule has 4 aromatic rings. The van der Waals surface area contributed by atoms with Crippen LogP contribution in [0.4, 0.5) is 13.9 Å². The molecule has 0 saturated carbocycles. The highest BCUT2D eigenvalue weighted by atomic mass is 32.2. The van der Waals surface area contributed by atoms with Gasteiger partial charge in [0.1, 0.15) is 5.76 Å². The summed E-state index contributed by atoms with van der Waals surface area (Å²) in [5.74, 6) is 4.92. The SMILES string of the molecule is Cc1occc1-c1nnc(SCC(=O)Nc2nc(-c3ccc(F)c(F)c3)cs2)n1N. The molecule has 3 N–H and O–H groups in total. The highest BCUT2D eigenvalue weighted by Gasteiger charge is 2.17. The van der Waals surface area contributed by atoms with Crippen molar-refractivity contribution in [1.29, 1.82) is 0 Å². The summed E-state index contributed by atoms with van der Waals surface area (Å²) in [4.78, 5) is 16.5. The third kappa shape index (κ3) is 4.04. The first-order valence-corrected chi connectivity index (χ1v) is 10.4. The number of halogens is 2. The maximum Gasteiger partial charge on any atom is 0.236 e. The average molecular weight is 448 g/mol. The maximum atomic E-state index is 13.4. The number of anilines is 1. The van der Waals surface area contributed by atoms with Gasteiger partial charge in [-0.05, 0) is 31.2 Å². The van der Waals surface area contributed by atoms with Crippen molar-refractivity contribution >= 4 is 34.1 Å². The number of amides is 1. The molecule has 1 aromatic carbocycles. The number of carbonyl (C=O) groups is 1. The number of aryl methyl sites for hydroxylation is 1. The fraction of sp³-hybridized carbons (Fsp3) is 0.111. The molecule has 0 unspecified atom stereocenters. The third-order valence-corrected chi connectivity index (χ3v) is 5.76. The molecule has 0 radical (unpaired) electrons. The van der Waals surface area contributed by atoms with Crippen LogP contribution in [-0.4, -0.2) is 31.5 Å². The van der Waals surface area contributed by atoms with Gasteiger partial charge in [0.2, 0.25) is 11.1 Å². The number of carbonyl (C=O) groups excluding carboxylic acids is 1. The Morgan fingerprint density at radius 3 is 2.87 bits per heavy atom. The van der Waals surface area contributed by atoms with Crippen LogP contribution in [-0.2, 0) is 4.79 Å². The van der Waals surface area contributed by atoms with Gasteiger partial charge in [-0.15, -0.1) is 21.5 Å². The van der Waals surface area contributed by atoms with E-state index >= 15 is 0 Å². The second-order valence-electron chi connectivity index (χ2n) is 6.07. The first-order valence-electron chi connectivity index (χ1n) is 8.51. The van der Waals surface area contributed by atoms with E-state index in [2.05, 4.69) is 20.5 Å². The van der Waals surface area contributed by atoms with Crippen molar-refractivity contribution in [3.8, 4) is 22.6 Å². The van der Waals surface area contributed by atoms with Crippen molar-refractivity contribution in [2.45, 2.75) is 12.1 Å². The monoisotopic (exact) mass is 448 g/mol. The number of hydrogen-bond acceptors (Lipinski definition) is 8. The minimum Gasteiger partial charge on any atom is -0.469 e. The van der Waals surface area contributed by atoms with E-state index in [0.717, 1.165) is 23.9 Å². The highest BCUT2D eigenvalue weighted by molar-refractivity contribution is 7.99. The molecule has 0 fully saturated rings. The van der Waals surface area contributed by atoms with Crippen LogP contribution in [0.3, 0.4) is 0 Å². The summed E-state index contributed by atoms with van der Waals surface area (Å²) in [7, 11) is 0. The molecule has 4 rings (SSSR count). The number of aromatic nitrogens is 4. The van der Waals surface area contributed by atoms with Gasteiger partial charge in [0, 0.05) is 10.9 Å². The van der Waals surface area contributed by atoms with Crippen LogP contribution >= 0.6 is 23.1 Å². The lowest BCUT2D eigenvalue weighted by Gasteiger charge is -2.03. The number of nitrogens with one attached hydrogen (secondary N) is 1. The number of thioether (sulfide) groups is 1. The van der Waals surface area contributed by atoms with Gasteiger partial charge < -0.3 is 15.6 Å². The predicted molar refractivity (Wildman–Crippen MR) is 109 cm³/mol. The second kappa shape index (κ2) is 8.24. The van der Waals surface area contributed by atoms with E-state index < -0.39 is 11.6 Å². The van der Waals surface area contributed by atoms with Crippen LogP contribution in [0.15, 0.2) is 45.5 Å². The number of rotatable bonds is 6. The molecule has 8 nitrogen and oxygen atoms in total. The summed E-state index contributed by atoms with van der Waals surface area (Å²) in [5.41, 5.74) is 1.57. The summed E-state index contributed by atoms with van der Waals surface area (Å²) in [6.07, 6.45) is 1.53. The largest absolute Gasteiger partial charge is 0.469 e. The molecule has 0 saturated heterocycles. The number of benzene rings is 1. The molecule has 0 aliphatic heterocycles. The van der Waals surface area contributed by atoms with E-state index in [1.54, 1.807) is 18.4 Å². The molecule has 30 heavy (non-hydrogen) atoms. The van der Waals surface area contributed by atoms with Crippen molar-refractivity contribution < 1.29 is 18.0 Å². The normalized spacial score (nSPS) is 11.0. The standard InChI is InChI=1S/C18H14F2N6O2S2/c1-9-11(4-5-28-9)16-24-25-18(26(16)21)30-8-15(27)23-17-22-14(7-29-17)10-2-3-12(19)13(20)6-10/h2-7H,8,21H2,1H3,(H,22,23,27). The molecular weight excluding hydrogens is 434 g/mol. The van der Waals surface area contributed by atoms with Crippen molar-refractivity contribution in [2.24, 2.45) is 0 Å². The quantitative estimate of drug-likeness (QED) is 0.342. The number of nitrogen functional groups attached to an aromatic ring is 1. The number of nitrogens with two attached hydrogens (primary N) is 1. The Hall–Kier alpha value is -3.25. The lowest BCUT2D eigenvalue weighted by atomic mass is 10.2. The van der Waals surface area contributed by atoms with Gasteiger partial charge in [-0.2, -0.15) is 0 Å². The van der Waals surface area contributed by atoms with Gasteiger partial charge >= 0.3 is 0 Å². The smallest absolute Gasteiger partial charge is 0.236 e. The van der Waals surface area contributed by atoms with E-state index in [1.165, 1.54) is 28.3 Å². The Labute approximate surface area is 177 Å². The lowest BCUT2D eigenvalue weighted by Crippen LogP contribution is -2.16. The highest BCUT2D eigenvalue weighted by Crippen LogP contribution is 2.27. The summed E-state index contributed by atoms with van der Waals surface area (Å²) >= 11 is 2.29. The van der Waals surface area contributed by atoms with Crippen LogP contribution in [0.1, 0.15) is 5.76 Å². The van der Waals surface area contributed by atoms with E-state index in [4.69, 9.17) is 10.3 Å². The van der Waals surface area contributed by atoms with E-state index in [-0.39, 0.29) is 11.7 Å². The zero-order chi connectivity index (χ0) is 21.3. The van der Waals surface area contributed by atoms with Crippen molar-refractivity contribution in [2.75, 3.05) is 16.9 Å². The molecule has 0 atom stereocenters. The van der Waals surface area contributed by atoms with E-state index in [9.17, 15) is 13.6 Å². The Kier molecular flexibility index (Phi) is 5.50. The molecule has 3 heterocycles. The summed E-state index contributed by atoms with van der Waals surface area (Å²) in [6, 6.07) is 5.24. The number of furan rings is 1. The van der Waals surface area contributed by atoms with Crippen molar-refractivity contribution in [3.05, 3.63) is 53.3 Å². The number of thiazole rings is 1. The minimum absolute atomic E-state index is 0.0276. The molecule has 0 bridgehead atoms. The first kappa shape index (κ1) is 20.0. The Balaban J connectivity index is 1.38. The van der Waals surface area contributed by atoms with Gasteiger partial charge in [-0.3, -0.25) is 4.79 Å². The topological polar surface area (TPSA) is 112 Å². The molecular formula is C18H14F2N6O2S2. The second-order valence-corrected chi connectivity index (χ2v) is 7.87. The molecule has 0 aliphatic carbocycles. The third-order valence-electron chi connectivity index (χ3n) is 4.06. The van der Waals surface area contributed by atoms with Crippen LogP contribution < -0.4 is 11.2 Å². The zero-order valence-electron chi connectivity index (χ0n) is 15.4. The molecule has 154 valence electrons. The molecule has 0 aliphatic rings. The fourth-order valence-electron chi connectivity index (χ4n) is 2.58. The minimum atomic E-state index is -0.960. The van der Waals surface area contributed by atoms with Crippen LogP contribution in [0.25, 0.3) is 22.6 Å². The average Bonchev–Trinajstić information content (AvgIpc) is 3.43.